The average molecular weight is 459 g/mol. The molecule has 0 unspecified atom stereocenters. The van der Waals surface area contributed by atoms with E-state index in [1.165, 1.54) is 0 Å². The normalized spacial score (nSPS) is 19.6. The molecule has 2 bridgehead atoms. The number of amides is 1. The van der Waals surface area contributed by atoms with E-state index in [4.69, 9.17) is 4.74 Å². The summed E-state index contributed by atoms with van der Waals surface area (Å²) < 4.78 is 7.95. The van der Waals surface area contributed by atoms with Gasteiger partial charge in [0.2, 0.25) is 5.96 Å². The van der Waals surface area contributed by atoms with Crippen molar-refractivity contribution < 1.29 is 14.3 Å². The van der Waals surface area contributed by atoms with E-state index in [2.05, 4.69) is 20.4 Å². The van der Waals surface area contributed by atoms with E-state index in [0.717, 1.165) is 47.5 Å². The standard InChI is InChI=1S/C25H26N6O3/c1-15-9-18-11-21(27-15)19-12-26-30(3)22(19)5-4-8-34-16(2)13-31-23-10-17(14-32)6-7-20(23)28-25(31)29-24(18)33/h6-7,9-12,14,16H,4-5,8,13H2,1-3H3,(H,28,29,33)/t16-/m0/s1. The highest BCUT2D eigenvalue weighted by Gasteiger charge is 2.28. The number of carbonyl (C=O) groups is 2. The zero-order chi connectivity index (χ0) is 23.8. The first-order valence-electron chi connectivity index (χ1n) is 11.3. The Morgan fingerprint density at radius 1 is 1.24 bits per heavy atom. The molecule has 9 nitrogen and oxygen atoms in total. The molecule has 34 heavy (non-hydrogen) atoms. The minimum atomic E-state index is -0.378. The van der Waals surface area contributed by atoms with Crippen LogP contribution in [0.5, 0.6) is 0 Å². The minimum absolute atomic E-state index is 0.131. The summed E-state index contributed by atoms with van der Waals surface area (Å²) in [6.45, 7) is 4.91. The number of fused-ring (bicyclic) bond motifs is 7. The van der Waals surface area contributed by atoms with Gasteiger partial charge in [0.15, 0.2) is 0 Å². The highest BCUT2D eigenvalue weighted by Crippen LogP contribution is 2.34. The molecule has 0 saturated carbocycles. The fourth-order valence-electron chi connectivity index (χ4n) is 4.42. The molecule has 1 amide bonds. The summed E-state index contributed by atoms with van der Waals surface area (Å²) in [5.41, 5.74) is 5.97. The van der Waals surface area contributed by atoms with Gasteiger partial charge in [-0.3, -0.25) is 19.3 Å². The molecule has 4 heterocycles. The number of benzene rings is 1. The summed E-state index contributed by atoms with van der Waals surface area (Å²) in [5, 5.41) is 7.65. The molecule has 0 aliphatic carbocycles. The number of pyridine rings is 1. The molecule has 174 valence electrons. The lowest BCUT2D eigenvalue weighted by molar-refractivity contribution is 0.0705. The molecule has 0 spiro atoms. The van der Waals surface area contributed by atoms with Crippen molar-refractivity contribution in [2.24, 2.45) is 12.0 Å². The number of hydrogen-bond donors (Lipinski definition) is 1. The van der Waals surface area contributed by atoms with Crippen molar-refractivity contribution in [2.75, 3.05) is 23.4 Å². The predicted molar refractivity (Wildman–Crippen MR) is 129 cm³/mol. The van der Waals surface area contributed by atoms with Crippen molar-refractivity contribution in [1.29, 1.82) is 0 Å². The second kappa shape index (κ2) is 8.83. The maximum absolute atomic E-state index is 13.3. The lowest BCUT2D eigenvalue weighted by Crippen LogP contribution is -2.37. The smallest absolute Gasteiger partial charge is 0.280 e. The Bertz CT molecular complexity index is 1310. The van der Waals surface area contributed by atoms with Gasteiger partial charge in [0.05, 0.1) is 35.9 Å². The number of rotatable bonds is 1. The van der Waals surface area contributed by atoms with Gasteiger partial charge in [0, 0.05) is 41.7 Å². The first-order chi connectivity index (χ1) is 16.4. The summed E-state index contributed by atoms with van der Waals surface area (Å²) in [5.74, 6) is 0.0306. The van der Waals surface area contributed by atoms with Gasteiger partial charge in [0.1, 0.15) is 6.29 Å². The van der Waals surface area contributed by atoms with Crippen molar-refractivity contribution in [3.05, 3.63) is 59.0 Å². The minimum Gasteiger partial charge on any atom is -0.377 e. The van der Waals surface area contributed by atoms with Crippen LogP contribution in [0.2, 0.25) is 0 Å². The van der Waals surface area contributed by atoms with Crippen LogP contribution in [0.15, 0.2) is 41.5 Å². The number of guanidine groups is 1. The number of aldehydes is 1. The van der Waals surface area contributed by atoms with E-state index >= 15 is 0 Å². The molecule has 3 aromatic rings. The number of ether oxygens (including phenoxy) is 1. The van der Waals surface area contributed by atoms with Crippen LogP contribution in [0.1, 0.15) is 45.4 Å². The van der Waals surface area contributed by atoms with Crippen molar-refractivity contribution in [3.63, 3.8) is 0 Å². The molecule has 2 aliphatic rings. The molecule has 0 radical (unpaired) electrons. The van der Waals surface area contributed by atoms with E-state index in [-0.39, 0.29) is 12.0 Å². The number of aromatic nitrogens is 3. The molecule has 1 atom stereocenters. The highest BCUT2D eigenvalue weighted by atomic mass is 16.5. The summed E-state index contributed by atoms with van der Waals surface area (Å²) >= 11 is 0. The van der Waals surface area contributed by atoms with Crippen LogP contribution < -0.4 is 10.2 Å². The van der Waals surface area contributed by atoms with Gasteiger partial charge in [-0.15, -0.1) is 0 Å². The number of aliphatic imine (C=N–C) groups is 1. The Labute approximate surface area is 197 Å². The van der Waals surface area contributed by atoms with Crippen LogP contribution in [0.25, 0.3) is 11.3 Å². The van der Waals surface area contributed by atoms with Crippen molar-refractivity contribution in [3.8, 4) is 11.3 Å². The summed E-state index contributed by atoms with van der Waals surface area (Å²) in [4.78, 5) is 35.7. The molecular weight excluding hydrogens is 432 g/mol. The van der Waals surface area contributed by atoms with Gasteiger partial charge < -0.3 is 15.0 Å². The van der Waals surface area contributed by atoms with E-state index in [9.17, 15) is 9.59 Å². The van der Waals surface area contributed by atoms with E-state index in [1.807, 2.05) is 36.5 Å². The highest BCUT2D eigenvalue weighted by molar-refractivity contribution is 6.19. The Morgan fingerprint density at radius 3 is 2.91 bits per heavy atom. The summed E-state index contributed by atoms with van der Waals surface area (Å²) in [7, 11) is 1.91. The van der Waals surface area contributed by atoms with Gasteiger partial charge in [-0.1, -0.05) is 0 Å². The zero-order valence-electron chi connectivity index (χ0n) is 19.4. The summed E-state index contributed by atoms with van der Waals surface area (Å²) in [6, 6.07) is 8.86. The third-order valence-electron chi connectivity index (χ3n) is 6.10. The Kier molecular flexibility index (Phi) is 5.70. The van der Waals surface area contributed by atoms with Crippen LogP contribution in [0, 0.1) is 6.92 Å². The average Bonchev–Trinajstić information content (AvgIpc) is 3.35. The molecule has 9 heteroatoms. The molecule has 1 N–H and O–H groups in total. The van der Waals surface area contributed by atoms with Crippen LogP contribution >= 0.6 is 0 Å². The Hall–Kier alpha value is -3.85. The van der Waals surface area contributed by atoms with Crippen molar-refractivity contribution in [1.82, 2.24) is 14.8 Å². The van der Waals surface area contributed by atoms with Gasteiger partial charge in [-0.2, -0.15) is 10.1 Å². The molecule has 0 fully saturated rings. The second-order valence-electron chi connectivity index (χ2n) is 8.67. The number of nitrogens with one attached hydrogen (secondary N) is 1. The maximum Gasteiger partial charge on any atom is 0.280 e. The topological polar surface area (TPSA) is 102 Å². The Morgan fingerprint density at radius 2 is 2.09 bits per heavy atom. The fourth-order valence-corrected chi connectivity index (χ4v) is 4.42. The van der Waals surface area contributed by atoms with E-state index in [0.29, 0.717) is 35.9 Å². The number of carbonyl (C=O) groups excluding carboxylic acids is 2. The van der Waals surface area contributed by atoms with Gasteiger partial charge in [-0.05, 0) is 57.0 Å². The second-order valence-corrected chi connectivity index (χ2v) is 8.67. The summed E-state index contributed by atoms with van der Waals surface area (Å²) in [6.07, 6.45) is 4.06. The molecule has 5 rings (SSSR count). The van der Waals surface area contributed by atoms with Crippen molar-refractivity contribution >= 4 is 29.5 Å². The number of hydrogen-bond acceptors (Lipinski definition) is 7. The van der Waals surface area contributed by atoms with Gasteiger partial charge in [0.25, 0.3) is 5.91 Å². The Balaban J connectivity index is 1.60. The number of anilines is 2. The molecule has 0 saturated heterocycles. The zero-order valence-corrected chi connectivity index (χ0v) is 19.4. The van der Waals surface area contributed by atoms with Gasteiger partial charge >= 0.3 is 0 Å². The predicted octanol–water partition coefficient (Wildman–Crippen LogP) is 3.38. The van der Waals surface area contributed by atoms with E-state index in [1.54, 1.807) is 30.5 Å². The van der Waals surface area contributed by atoms with Crippen LogP contribution in [-0.4, -0.2) is 52.2 Å². The first kappa shape index (κ1) is 22.0. The number of aryl methyl sites for hydroxylation is 2. The van der Waals surface area contributed by atoms with Crippen LogP contribution in [0.3, 0.4) is 0 Å². The SMILES string of the molecule is Cc1cc2cc(n1)-c1cnn(C)c1CCCO[C@@H](C)CN1/C(=N\C2=O)Nc2ccc(C=O)cc21. The maximum atomic E-state index is 13.3. The van der Waals surface area contributed by atoms with E-state index < -0.39 is 0 Å². The van der Waals surface area contributed by atoms with Crippen LogP contribution in [-0.2, 0) is 18.2 Å². The monoisotopic (exact) mass is 458 g/mol. The fraction of sp³-hybridized carbons (Fsp3) is 0.320. The van der Waals surface area contributed by atoms with Gasteiger partial charge in [-0.25, -0.2) is 0 Å². The molecular formula is C25H26N6O3. The number of nitrogens with zero attached hydrogens (tertiary/aromatic N) is 5. The third-order valence-corrected chi connectivity index (χ3v) is 6.10. The quantitative estimate of drug-likeness (QED) is 0.558. The van der Waals surface area contributed by atoms with Crippen molar-refractivity contribution in [2.45, 2.75) is 32.8 Å². The molecule has 1 aromatic carbocycles. The third kappa shape index (κ3) is 4.10. The first-order valence-corrected chi connectivity index (χ1v) is 11.3. The lowest BCUT2D eigenvalue weighted by Gasteiger charge is -2.23. The van der Waals surface area contributed by atoms with Crippen LogP contribution in [0.4, 0.5) is 11.4 Å². The molecule has 2 aliphatic heterocycles. The lowest BCUT2D eigenvalue weighted by atomic mass is 10.1. The molecule has 2 aromatic heterocycles. The largest absolute Gasteiger partial charge is 0.377 e.